The molecule has 104 valence electrons. The largest absolute Gasteiger partial charge is 0.504 e. The Hall–Kier alpha value is -1.92. The van der Waals surface area contributed by atoms with Crippen LogP contribution in [0.3, 0.4) is 0 Å². The second-order valence-electron chi connectivity index (χ2n) is 4.40. The van der Waals surface area contributed by atoms with E-state index in [1.54, 1.807) is 0 Å². The van der Waals surface area contributed by atoms with Crippen molar-refractivity contribution in [2.75, 3.05) is 0 Å². The minimum absolute atomic E-state index is 0.0669. The van der Waals surface area contributed by atoms with Gasteiger partial charge in [0.15, 0.2) is 11.6 Å². The van der Waals surface area contributed by atoms with E-state index in [1.807, 2.05) is 13.8 Å². The fourth-order valence-electron chi connectivity index (χ4n) is 1.33. The average Bonchev–Trinajstić information content (AvgIpc) is 2.27. The molecule has 0 unspecified atom stereocenters. The standard InChI is InChI=1S/C12H13F3N2O2/c1-7(2)3-8-5-16-11(17-6-8)9(18)4-10(19)12(13,14)15/h4-7,18H,3H2,1-2H3. The van der Waals surface area contributed by atoms with Gasteiger partial charge in [0.2, 0.25) is 0 Å². The van der Waals surface area contributed by atoms with Crippen LogP contribution in [-0.2, 0) is 11.2 Å². The van der Waals surface area contributed by atoms with Gasteiger partial charge >= 0.3 is 6.18 Å². The maximum Gasteiger partial charge on any atom is 0.454 e. The van der Waals surface area contributed by atoms with E-state index in [0.717, 1.165) is 5.56 Å². The lowest BCUT2D eigenvalue weighted by molar-refractivity contribution is -0.165. The number of hydrogen-bond acceptors (Lipinski definition) is 4. The van der Waals surface area contributed by atoms with Gasteiger partial charge in [0.25, 0.3) is 5.78 Å². The van der Waals surface area contributed by atoms with Crippen molar-refractivity contribution in [3.05, 3.63) is 29.9 Å². The summed E-state index contributed by atoms with van der Waals surface area (Å²) in [4.78, 5) is 18.1. The van der Waals surface area contributed by atoms with E-state index in [4.69, 9.17) is 0 Å². The molecule has 1 rings (SSSR count). The van der Waals surface area contributed by atoms with E-state index < -0.39 is 17.7 Å². The minimum Gasteiger partial charge on any atom is -0.504 e. The first kappa shape index (κ1) is 15.1. The lowest BCUT2D eigenvalue weighted by Crippen LogP contribution is -2.20. The minimum atomic E-state index is -5.02. The fourth-order valence-corrected chi connectivity index (χ4v) is 1.33. The molecule has 0 amide bonds. The monoisotopic (exact) mass is 274 g/mol. The predicted octanol–water partition coefficient (Wildman–Crippen LogP) is 2.71. The molecule has 7 heteroatoms. The normalized spacial score (nSPS) is 12.8. The molecular formula is C12H13F3N2O2. The Kier molecular flexibility index (Phi) is 4.63. The molecule has 1 N–H and O–H groups in total. The maximum atomic E-state index is 12.0. The van der Waals surface area contributed by atoms with Gasteiger partial charge in [-0.05, 0) is 17.9 Å². The molecule has 0 radical (unpaired) electrons. The van der Waals surface area contributed by atoms with Crippen molar-refractivity contribution in [2.24, 2.45) is 5.92 Å². The van der Waals surface area contributed by atoms with E-state index in [1.165, 1.54) is 12.4 Å². The summed E-state index contributed by atoms with van der Waals surface area (Å²) in [5.74, 6) is -2.99. The number of carbonyl (C=O) groups is 1. The highest BCUT2D eigenvalue weighted by atomic mass is 19.4. The summed E-state index contributed by atoms with van der Waals surface area (Å²) in [6.07, 6.45) is -1.43. The Bertz CT molecular complexity index is 479. The molecule has 4 nitrogen and oxygen atoms in total. The van der Waals surface area contributed by atoms with Crippen molar-refractivity contribution >= 4 is 11.5 Å². The van der Waals surface area contributed by atoms with Crippen LogP contribution in [0.1, 0.15) is 25.2 Å². The molecular weight excluding hydrogens is 261 g/mol. The highest BCUT2D eigenvalue weighted by Crippen LogP contribution is 2.18. The number of alkyl halides is 3. The lowest BCUT2D eigenvalue weighted by atomic mass is 10.1. The Labute approximate surface area is 108 Å². The molecule has 1 aromatic heterocycles. The Morgan fingerprint density at radius 1 is 1.37 bits per heavy atom. The Balaban J connectivity index is 2.86. The molecule has 1 heterocycles. The molecule has 0 saturated heterocycles. The third-order valence-electron chi connectivity index (χ3n) is 2.13. The van der Waals surface area contributed by atoms with Crippen molar-refractivity contribution in [3.63, 3.8) is 0 Å². The topological polar surface area (TPSA) is 63.1 Å². The predicted molar refractivity (Wildman–Crippen MR) is 62.2 cm³/mol. The molecule has 0 atom stereocenters. The summed E-state index contributed by atoms with van der Waals surface area (Å²) >= 11 is 0. The van der Waals surface area contributed by atoms with E-state index in [-0.39, 0.29) is 11.9 Å². The molecule has 0 aliphatic rings. The number of hydrogen-bond donors (Lipinski definition) is 1. The third-order valence-corrected chi connectivity index (χ3v) is 2.13. The second kappa shape index (κ2) is 5.81. The van der Waals surface area contributed by atoms with Gasteiger partial charge in [0.05, 0.1) is 0 Å². The summed E-state index contributed by atoms with van der Waals surface area (Å²) in [5.41, 5.74) is 0.800. The average molecular weight is 274 g/mol. The van der Waals surface area contributed by atoms with E-state index >= 15 is 0 Å². The summed E-state index contributed by atoms with van der Waals surface area (Å²) in [5, 5.41) is 9.34. The molecule has 19 heavy (non-hydrogen) atoms. The van der Waals surface area contributed by atoms with Gasteiger partial charge in [0, 0.05) is 18.5 Å². The molecule has 0 aliphatic carbocycles. The molecule has 0 aliphatic heterocycles. The summed E-state index contributed by atoms with van der Waals surface area (Å²) in [6.45, 7) is 3.99. The molecule has 0 aromatic carbocycles. The van der Waals surface area contributed by atoms with Crippen LogP contribution in [0.15, 0.2) is 18.5 Å². The Morgan fingerprint density at radius 2 is 1.89 bits per heavy atom. The quantitative estimate of drug-likeness (QED) is 0.677. The first-order valence-corrected chi connectivity index (χ1v) is 5.53. The molecule has 0 bridgehead atoms. The molecule has 0 spiro atoms. The number of aliphatic hydroxyl groups excluding tert-OH is 1. The Morgan fingerprint density at radius 3 is 2.32 bits per heavy atom. The smallest absolute Gasteiger partial charge is 0.454 e. The fraction of sp³-hybridized carbons (Fsp3) is 0.417. The first-order chi connectivity index (χ1) is 8.70. The number of rotatable bonds is 4. The van der Waals surface area contributed by atoms with Crippen molar-refractivity contribution in [3.8, 4) is 0 Å². The zero-order valence-electron chi connectivity index (χ0n) is 10.4. The van der Waals surface area contributed by atoms with Crippen molar-refractivity contribution in [2.45, 2.75) is 26.4 Å². The number of aromatic nitrogens is 2. The number of nitrogens with zero attached hydrogens (tertiary/aromatic N) is 2. The summed E-state index contributed by atoms with van der Waals surface area (Å²) in [6, 6.07) is 0. The number of halogens is 3. The highest BCUT2D eigenvalue weighted by Gasteiger charge is 2.37. The zero-order chi connectivity index (χ0) is 14.6. The van der Waals surface area contributed by atoms with Crippen LogP contribution in [0.4, 0.5) is 13.2 Å². The van der Waals surface area contributed by atoms with E-state index in [0.29, 0.717) is 12.3 Å². The number of ketones is 1. The van der Waals surface area contributed by atoms with Gasteiger partial charge in [-0.1, -0.05) is 13.8 Å². The van der Waals surface area contributed by atoms with Crippen LogP contribution in [-0.4, -0.2) is 27.0 Å². The molecule has 1 aromatic rings. The van der Waals surface area contributed by atoms with Crippen molar-refractivity contribution in [1.82, 2.24) is 9.97 Å². The van der Waals surface area contributed by atoms with Crippen LogP contribution in [0.25, 0.3) is 5.76 Å². The van der Waals surface area contributed by atoms with Crippen LogP contribution < -0.4 is 0 Å². The van der Waals surface area contributed by atoms with Crippen LogP contribution in [0, 0.1) is 5.92 Å². The van der Waals surface area contributed by atoms with Crippen LogP contribution in [0.2, 0.25) is 0 Å². The van der Waals surface area contributed by atoms with Crippen LogP contribution >= 0.6 is 0 Å². The number of carbonyl (C=O) groups excluding carboxylic acids is 1. The van der Waals surface area contributed by atoms with Crippen LogP contribution in [0.5, 0.6) is 0 Å². The number of aliphatic hydroxyl groups is 1. The lowest BCUT2D eigenvalue weighted by Gasteiger charge is -2.05. The van der Waals surface area contributed by atoms with Crippen molar-refractivity contribution in [1.29, 1.82) is 0 Å². The summed E-state index contributed by atoms with van der Waals surface area (Å²) < 4.78 is 36.0. The van der Waals surface area contributed by atoms with Crippen molar-refractivity contribution < 1.29 is 23.1 Å². The first-order valence-electron chi connectivity index (χ1n) is 5.53. The van der Waals surface area contributed by atoms with Gasteiger partial charge in [0.1, 0.15) is 0 Å². The van der Waals surface area contributed by atoms with E-state index in [2.05, 4.69) is 9.97 Å². The van der Waals surface area contributed by atoms with Gasteiger partial charge in [-0.3, -0.25) is 4.79 Å². The van der Waals surface area contributed by atoms with Gasteiger partial charge in [-0.25, -0.2) is 9.97 Å². The van der Waals surface area contributed by atoms with Gasteiger partial charge in [-0.2, -0.15) is 13.2 Å². The zero-order valence-corrected chi connectivity index (χ0v) is 10.4. The summed E-state index contributed by atoms with van der Waals surface area (Å²) in [7, 11) is 0. The SMILES string of the molecule is CC(C)Cc1cnc(C(O)=CC(=O)C(F)(F)F)nc1. The second-order valence-corrected chi connectivity index (χ2v) is 4.40. The third kappa shape index (κ3) is 4.69. The number of allylic oxidation sites excluding steroid dienone is 1. The highest BCUT2D eigenvalue weighted by molar-refractivity contribution is 5.98. The van der Waals surface area contributed by atoms with Gasteiger partial charge in [-0.15, -0.1) is 0 Å². The molecule has 0 fully saturated rings. The van der Waals surface area contributed by atoms with E-state index in [9.17, 15) is 23.1 Å². The maximum absolute atomic E-state index is 12.0. The molecule has 0 saturated carbocycles. The van der Waals surface area contributed by atoms with Gasteiger partial charge < -0.3 is 5.11 Å².